The molecule has 0 saturated heterocycles. The molecule has 0 bridgehead atoms. The van der Waals surface area contributed by atoms with Crippen molar-refractivity contribution in [1.82, 2.24) is 4.57 Å². The fourth-order valence-corrected chi connectivity index (χ4v) is 4.77. The molecule has 2 heterocycles. The highest BCUT2D eigenvalue weighted by Crippen LogP contribution is 2.33. The molecule has 36 heavy (non-hydrogen) atoms. The van der Waals surface area contributed by atoms with Gasteiger partial charge in [-0.1, -0.05) is 60.7 Å². The highest BCUT2D eigenvalue weighted by Gasteiger charge is 2.23. The first-order valence-electron chi connectivity index (χ1n) is 11.9. The van der Waals surface area contributed by atoms with Crippen LogP contribution in [0.25, 0.3) is 33.3 Å². The van der Waals surface area contributed by atoms with Crippen LogP contribution in [0.2, 0.25) is 0 Å². The highest BCUT2D eigenvalue weighted by molar-refractivity contribution is 5.96. The maximum atomic E-state index is 13.1. The molecule has 4 aromatic carbocycles. The summed E-state index contributed by atoms with van der Waals surface area (Å²) in [4.78, 5) is 13.1. The smallest absolute Gasteiger partial charge is 0.245 e. The van der Waals surface area contributed by atoms with E-state index in [-0.39, 0.29) is 12.3 Å². The van der Waals surface area contributed by atoms with Crippen molar-refractivity contribution in [3.63, 3.8) is 0 Å². The molecule has 0 N–H and O–H groups in total. The van der Waals surface area contributed by atoms with Crippen molar-refractivity contribution < 1.29 is 18.5 Å². The average Bonchev–Trinajstić information content (AvgIpc) is 3.48. The molecule has 0 aliphatic heterocycles. The van der Waals surface area contributed by atoms with Gasteiger partial charge < -0.3 is 9.15 Å². The second kappa shape index (κ2) is 9.19. The minimum atomic E-state index is 0.0456. The zero-order valence-electron chi connectivity index (χ0n) is 19.9. The molecule has 0 amide bonds. The maximum Gasteiger partial charge on any atom is 0.245 e. The van der Waals surface area contributed by atoms with E-state index >= 15 is 0 Å². The number of carbonyl (C=O) groups is 1. The number of rotatable bonds is 7. The van der Waals surface area contributed by atoms with Crippen molar-refractivity contribution in [3.05, 3.63) is 121 Å². The van der Waals surface area contributed by atoms with E-state index in [0.29, 0.717) is 12.1 Å². The Hall–Kier alpha value is -4.64. The molecule has 0 unspecified atom stereocenters. The monoisotopic (exact) mass is 473 g/mol. The van der Waals surface area contributed by atoms with E-state index in [1.54, 1.807) is 7.11 Å². The molecule has 0 saturated carbocycles. The zero-order valence-corrected chi connectivity index (χ0v) is 19.9. The van der Waals surface area contributed by atoms with Crippen LogP contribution < -0.4 is 9.30 Å². The number of fused-ring (bicyclic) bond motifs is 2. The number of imidazole rings is 1. The molecular formula is C31H25N2O3+. The zero-order chi connectivity index (χ0) is 24.5. The molecule has 5 heteroatoms. The number of hydrogen-bond acceptors (Lipinski definition) is 3. The van der Waals surface area contributed by atoms with E-state index in [4.69, 9.17) is 9.15 Å². The number of benzene rings is 4. The van der Waals surface area contributed by atoms with Crippen LogP contribution in [-0.2, 0) is 13.1 Å². The second-order valence-electron chi connectivity index (χ2n) is 8.78. The second-order valence-corrected chi connectivity index (χ2v) is 8.78. The number of carbonyl (C=O) groups excluding carboxylic acids is 1. The van der Waals surface area contributed by atoms with Crippen molar-refractivity contribution in [2.45, 2.75) is 13.1 Å². The largest absolute Gasteiger partial charge is 0.497 e. The molecule has 0 radical (unpaired) electrons. The molecule has 0 aliphatic rings. The fraction of sp³-hybridized carbons (Fsp3) is 0.0968. The third-order valence-electron chi connectivity index (χ3n) is 6.57. The van der Waals surface area contributed by atoms with E-state index in [1.807, 2.05) is 83.7 Å². The molecule has 176 valence electrons. The van der Waals surface area contributed by atoms with Gasteiger partial charge in [0.2, 0.25) is 12.1 Å². The van der Waals surface area contributed by atoms with Crippen LogP contribution in [0.1, 0.15) is 15.9 Å². The highest BCUT2D eigenvalue weighted by atomic mass is 16.5. The Bertz CT molecular complexity index is 1680. The quantitative estimate of drug-likeness (QED) is 0.202. The van der Waals surface area contributed by atoms with E-state index in [1.165, 1.54) is 0 Å². The minimum absolute atomic E-state index is 0.0456. The summed E-state index contributed by atoms with van der Waals surface area (Å²) in [7, 11) is 1.62. The number of methoxy groups -OCH3 is 1. The van der Waals surface area contributed by atoms with Gasteiger partial charge in [0.05, 0.1) is 7.11 Å². The van der Waals surface area contributed by atoms with E-state index in [9.17, 15) is 4.79 Å². The molecule has 0 fully saturated rings. The van der Waals surface area contributed by atoms with Crippen LogP contribution in [0.15, 0.2) is 114 Å². The van der Waals surface area contributed by atoms with Crippen molar-refractivity contribution in [3.8, 4) is 17.1 Å². The Kier molecular flexibility index (Phi) is 5.58. The third-order valence-corrected chi connectivity index (χ3v) is 6.57. The van der Waals surface area contributed by atoms with E-state index < -0.39 is 0 Å². The van der Waals surface area contributed by atoms with Gasteiger partial charge in [-0.15, -0.1) is 0 Å². The summed E-state index contributed by atoms with van der Waals surface area (Å²) in [6.07, 6.45) is 2.03. The van der Waals surface area contributed by atoms with Crippen molar-refractivity contribution in [1.29, 1.82) is 0 Å². The van der Waals surface area contributed by atoms with Crippen LogP contribution in [0.3, 0.4) is 0 Å². The predicted octanol–water partition coefficient (Wildman–Crippen LogP) is 6.28. The van der Waals surface area contributed by atoms with Crippen molar-refractivity contribution >= 4 is 27.8 Å². The summed E-state index contributed by atoms with van der Waals surface area (Å²) in [6, 6.07) is 33.8. The molecule has 5 nitrogen and oxygen atoms in total. The summed E-state index contributed by atoms with van der Waals surface area (Å²) in [5.74, 6) is 1.65. The topological polar surface area (TPSA) is 48.2 Å². The lowest BCUT2D eigenvalue weighted by Crippen LogP contribution is -2.33. The van der Waals surface area contributed by atoms with Gasteiger partial charge in [0.25, 0.3) is 0 Å². The summed E-state index contributed by atoms with van der Waals surface area (Å²) < 4.78 is 15.8. The van der Waals surface area contributed by atoms with Crippen LogP contribution >= 0.6 is 0 Å². The molecule has 0 atom stereocenters. The molecular weight excluding hydrogens is 448 g/mol. The lowest BCUT2D eigenvalue weighted by atomic mass is 10.1. The Morgan fingerprint density at radius 3 is 2.39 bits per heavy atom. The standard InChI is InChI=1S/C31H25N2O3/c1-35-24-17-15-22(16-18-24)29(34)20-33-21-32(27-12-6-7-13-28(27)33)19-26-25-11-5-8-14-30(25)36-31(26)23-9-3-2-4-10-23/h2-18,21H,19-20H2,1H3/q+1. The number of para-hydroxylation sites is 3. The Morgan fingerprint density at radius 2 is 1.58 bits per heavy atom. The van der Waals surface area contributed by atoms with Gasteiger partial charge in [-0.3, -0.25) is 4.79 Å². The number of ketones is 1. The summed E-state index contributed by atoms with van der Waals surface area (Å²) >= 11 is 0. The van der Waals surface area contributed by atoms with Crippen molar-refractivity contribution in [2.75, 3.05) is 7.11 Å². The van der Waals surface area contributed by atoms with Crippen LogP contribution in [0.5, 0.6) is 5.75 Å². The van der Waals surface area contributed by atoms with Crippen LogP contribution in [-0.4, -0.2) is 17.5 Å². The van der Waals surface area contributed by atoms with Crippen LogP contribution in [0, 0.1) is 0 Å². The Labute approximate surface area is 208 Å². The first kappa shape index (κ1) is 21.9. The average molecular weight is 474 g/mol. The number of aromatic nitrogens is 2. The van der Waals surface area contributed by atoms with Gasteiger partial charge in [-0.25, -0.2) is 9.13 Å². The molecule has 6 rings (SSSR count). The maximum absolute atomic E-state index is 13.1. The number of nitrogens with zero attached hydrogens (tertiary/aromatic N) is 2. The van der Waals surface area contributed by atoms with Gasteiger partial charge in [0.1, 0.15) is 23.6 Å². The lowest BCUT2D eigenvalue weighted by molar-refractivity contribution is -0.662. The van der Waals surface area contributed by atoms with E-state index in [0.717, 1.165) is 44.6 Å². The molecule has 2 aromatic heterocycles. The minimum Gasteiger partial charge on any atom is -0.497 e. The van der Waals surface area contributed by atoms with Gasteiger partial charge in [0.15, 0.2) is 17.6 Å². The normalized spacial score (nSPS) is 11.2. The number of furan rings is 1. The van der Waals surface area contributed by atoms with Gasteiger partial charge in [-0.05, 0) is 42.5 Å². The Morgan fingerprint density at radius 1 is 0.861 bits per heavy atom. The van der Waals surface area contributed by atoms with Gasteiger partial charge in [-0.2, -0.15) is 0 Å². The van der Waals surface area contributed by atoms with Gasteiger partial charge in [0, 0.05) is 22.1 Å². The Balaban J connectivity index is 1.41. The third kappa shape index (κ3) is 3.95. The molecule has 0 spiro atoms. The number of Topliss-reactive ketones (excluding diaryl/α,β-unsaturated/α-hetero) is 1. The number of ether oxygens (including phenoxy) is 1. The van der Waals surface area contributed by atoms with Crippen molar-refractivity contribution in [2.24, 2.45) is 0 Å². The predicted molar refractivity (Wildman–Crippen MR) is 140 cm³/mol. The summed E-state index contributed by atoms with van der Waals surface area (Å²) in [6.45, 7) is 0.864. The summed E-state index contributed by atoms with van der Waals surface area (Å²) in [5, 5.41) is 1.09. The first-order chi connectivity index (χ1) is 17.7. The summed E-state index contributed by atoms with van der Waals surface area (Å²) in [5.41, 5.74) is 5.75. The van der Waals surface area contributed by atoms with Crippen LogP contribution in [0.4, 0.5) is 0 Å². The fourth-order valence-electron chi connectivity index (χ4n) is 4.77. The molecule has 0 aliphatic carbocycles. The molecule has 6 aromatic rings. The number of hydrogen-bond donors (Lipinski definition) is 0. The van der Waals surface area contributed by atoms with E-state index in [2.05, 4.69) is 34.9 Å². The van der Waals surface area contributed by atoms with Gasteiger partial charge >= 0.3 is 0 Å². The SMILES string of the molecule is COc1ccc(C(=O)Cn2c[n+](Cc3c(-c4ccccc4)oc4ccccc34)c3ccccc32)cc1. The first-order valence-corrected chi connectivity index (χ1v) is 11.9. The lowest BCUT2D eigenvalue weighted by Gasteiger charge is -2.03.